The highest BCUT2D eigenvalue weighted by Crippen LogP contribution is 2.26. The number of pyridine rings is 1. The molecule has 26 heavy (non-hydrogen) atoms. The van der Waals surface area contributed by atoms with E-state index in [4.69, 9.17) is 11.6 Å². The summed E-state index contributed by atoms with van der Waals surface area (Å²) < 4.78 is 38.0. The lowest BCUT2D eigenvalue weighted by Gasteiger charge is -2.24. The van der Waals surface area contributed by atoms with Crippen molar-refractivity contribution in [2.45, 2.75) is 32.4 Å². The Morgan fingerprint density at radius 3 is 2.73 bits per heavy atom. The molecule has 1 aliphatic heterocycles. The van der Waals surface area contributed by atoms with Crippen LogP contribution in [0.3, 0.4) is 0 Å². The SMILES string of the molecule is CCN(C(=O)CCSCCCC(F)(F)F)C1=C[N+](c2cccnc2)=C1Cl. The van der Waals surface area contributed by atoms with Gasteiger partial charge in [0.25, 0.3) is 0 Å². The fourth-order valence-electron chi connectivity index (χ4n) is 2.41. The van der Waals surface area contributed by atoms with Gasteiger partial charge in [-0.15, -0.1) is 4.58 Å². The fraction of sp³-hybridized carbons (Fsp3) is 0.471. The molecule has 1 aliphatic rings. The van der Waals surface area contributed by atoms with E-state index in [1.807, 2.05) is 13.0 Å². The van der Waals surface area contributed by atoms with E-state index < -0.39 is 12.6 Å². The van der Waals surface area contributed by atoms with Gasteiger partial charge < -0.3 is 4.90 Å². The summed E-state index contributed by atoms with van der Waals surface area (Å²) in [7, 11) is 0. The van der Waals surface area contributed by atoms with E-state index >= 15 is 0 Å². The fourth-order valence-corrected chi connectivity index (χ4v) is 3.58. The van der Waals surface area contributed by atoms with Crippen LogP contribution >= 0.6 is 23.4 Å². The van der Waals surface area contributed by atoms with Gasteiger partial charge in [-0.2, -0.15) is 24.9 Å². The van der Waals surface area contributed by atoms with Crippen molar-refractivity contribution in [1.29, 1.82) is 0 Å². The number of alkyl halides is 3. The zero-order valence-corrected chi connectivity index (χ0v) is 15.9. The Hall–Kier alpha value is -1.54. The zero-order chi connectivity index (χ0) is 19.2. The van der Waals surface area contributed by atoms with Gasteiger partial charge in [0.15, 0.2) is 5.70 Å². The molecule has 0 spiro atoms. The number of carbonyl (C=O) groups is 1. The molecule has 0 aromatic carbocycles. The first-order valence-electron chi connectivity index (χ1n) is 8.22. The quantitative estimate of drug-likeness (QED) is 0.446. The predicted molar refractivity (Wildman–Crippen MR) is 97.7 cm³/mol. The topological polar surface area (TPSA) is 36.2 Å². The summed E-state index contributed by atoms with van der Waals surface area (Å²) in [6.45, 7) is 2.33. The Balaban J connectivity index is 1.79. The van der Waals surface area contributed by atoms with Crippen LogP contribution in [-0.2, 0) is 4.79 Å². The van der Waals surface area contributed by atoms with Crippen LogP contribution in [0.1, 0.15) is 26.2 Å². The molecule has 0 bridgehead atoms. The van der Waals surface area contributed by atoms with Crippen LogP contribution in [-0.4, -0.2) is 49.8 Å². The van der Waals surface area contributed by atoms with E-state index in [-0.39, 0.29) is 18.7 Å². The maximum atomic E-state index is 12.4. The molecule has 1 aromatic heterocycles. The van der Waals surface area contributed by atoms with Gasteiger partial charge in [-0.25, -0.2) is 0 Å². The molecule has 0 saturated carbocycles. The number of allylic oxidation sites excluding steroid dienone is 1. The Morgan fingerprint density at radius 2 is 2.15 bits per heavy atom. The summed E-state index contributed by atoms with van der Waals surface area (Å²) in [5.74, 6) is 0.791. The van der Waals surface area contributed by atoms with Gasteiger partial charge in [-0.1, -0.05) is 0 Å². The maximum Gasteiger partial charge on any atom is 0.389 e. The minimum Gasteiger partial charge on any atom is -0.301 e. The smallest absolute Gasteiger partial charge is 0.301 e. The second-order valence-electron chi connectivity index (χ2n) is 5.61. The first-order valence-corrected chi connectivity index (χ1v) is 9.75. The molecule has 9 heteroatoms. The van der Waals surface area contributed by atoms with Crippen LogP contribution in [0.4, 0.5) is 18.9 Å². The Kier molecular flexibility index (Phi) is 7.52. The van der Waals surface area contributed by atoms with E-state index in [1.165, 1.54) is 11.8 Å². The van der Waals surface area contributed by atoms with Gasteiger partial charge in [-0.05, 0) is 36.8 Å². The van der Waals surface area contributed by atoms with Crippen molar-refractivity contribution < 1.29 is 22.5 Å². The van der Waals surface area contributed by atoms with Crippen LogP contribution in [0.25, 0.3) is 0 Å². The first kappa shape index (κ1) is 20.8. The third-order valence-electron chi connectivity index (χ3n) is 3.72. The molecule has 0 N–H and O–H groups in total. The lowest BCUT2D eigenvalue weighted by atomic mass is 10.2. The molecule has 2 heterocycles. The van der Waals surface area contributed by atoms with E-state index in [9.17, 15) is 18.0 Å². The number of aromatic nitrogens is 1. The molecule has 0 radical (unpaired) electrons. The van der Waals surface area contributed by atoms with Gasteiger partial charge in [0.1, 0.15) is 0 Å². The minimum atomic E-state index is -4.11. The number of hydrogen-bond acceptors (Lipinski definition) is 3. The van der Waals surface area contributed by atoms with Crippen LogP contribution in [0.15, 0.2) is 36.4 Å². The molecule has 4 nitrogen and oxygen atoms in total. The summed E-state index contributed by atoms with van der Waals surface area (Å²) in [5, 5.41) is 0.450. The average molecular weight is 407 g/mol. The monoisotopic (exact) mass is 406 g/mol. The van der Waals surface area contributed by atoms with Gasteiger partial charge in [-0.3, -0.25) is 9.78 Å². The van der Waals surface area contributed by atoms with E-state index in [1.54, 1.807) is 34.1 Å². The molecule has 0 saturated heterocycles. The number of nitrogens with zero attached hydrogens (tertiary/aromatic N) is 3. The average Bonchev–Trinajstić information content (AvgIpc) is 2.60. The summed E-state index contributed by atoms with van der Waals surface area (Å²) >= 11 is 7.68. The van der Waals surface area contributed by atoms with Gasteiger partial charge in [0.2, 0.25) is 17.8 Å². The number of carbonyl (C=O) groups excluding carboxylic acids is 1. The maximum absolute atomic E-state index is 12.4. The molecular weight excluding hydrogens is 387 g/mol. The lowest BCUT2D eigenvalue weighted by Crippen LogP contribution is -2.38. The number of amides is 1. The normalized spacial score (nSPS) is 14.1. The minimum absolute atomic E-state index is 0.0741. The second kappa shape index (κ2) is 9.41. The molecular formula is C17H20ClF3N3OS+. The molecule has 0 atom stereocenters. The van der Waals surface area contributed by atoms with Crippen molar-refractivity contribution in [2.24, 2.45) is 0 Å². The Labute approximate surface area is 159 Å². The highest BCUT2D eigenvalue weighted by molar-refractivity contribution is 7.99. The summed E-state index contributed by atoms with van der Waals surface area (Å²) in [4.78, 5) is 18.0. The highest BCUT2D eigenvalue weighted by atomic mass is 35.5. The van der Waals surface area contributed by atoms with Crippen molar-refractivity contribution in [3.05, 3.63) is 36.4 Å². The number of thioether (sulfide) groups is 1. The Morgan fingerprint density at radius 1 is 1.38 bits per heavy atom. The third-order valence-corrected chi connectivity index (χ3v) is 5.16. The van der Waals surface area contributed by atoms with Crippen molar-refractivity contribution in [1.82, 2.24) is 9.88 Å². The standard InChI is InChI=1S/C17H20ClF3N3OS/c1-2-23(15(25)6-10-26-9-4-7-17(19,20)21)14-12-24(16(14)18)13-5-3-8-22-11-13/h3,5,8,11-12H,2,4,6-7,9-10H2,1H3/q+1. The molecule has 0 fully saturated rings. The zero-order valence-electron chi connectivity index (χ0n) is 14.3. The van der Waals surface area contributed by atoms with Crippen molar-refractivity contribution in [3.63, 3.8) is 0 Å². The lowest BCUT2D eigenvalue weighted by molar-refractivity contribution is -0.373. The molecule has 0 aliphatic carbocycles. The van der Waals surface area contributed by atoms with Crippen LogP contribution in [0, 0.1) is 0 Å². The van der Waals surface area contributed by atoms with Gasteiger partial charge in [0, 0.05) is 37.4 Å². The van der Waals surface area contributed by atoms with Crippen LogP contribution in [0.2, 0.25) is 0 Å². The van der Waals surface area contributed by atoms with Crippen molar-refractivity contribution in [3.8, 4) is 0 Å². The largest absolute Gasteiger partial charge is 0.389 e. The van der Waals surface area contributed by atoms with Crippen LogP contribution < -0.4 is 0 Å². The summed E-state index contributed by atoms with van der Waals surface area (Å²) in [6, 6.07) is 3.66. The Bertz CT molecular complexity index is 692. The first-order chi connectivity index (χ1) is 12.3. The molecule has 1 aromatic rings. The van der Waals surface area contributed by atoms with E-state index in [2.05, 4.69) is 4.98 Å². The van der Waals surface area contributed by atoms with Gasteiger partial charge >= 0.3 is 11.3 Å². The predicted octanol–water partition coefficient (Wildman–Crippen LogP) is 4.53. The highest BCUT2D eigenvalue weighted by Gasteiger charge is 2.36. The number of rotatable bonds is 9. The summed E-state index contributed by atoms with van der Waals surface area (Å²) in [6.07, 6.45) is 0.553. The van der Waals surface area contributed by atoms with Gasteiger partial charge in [0.05, 0.1) is 6.20 Å². The molecule has 142 valence electrons. The van der Waals surface area contributed by atoms with Crippen molar-refractivity contribution >= 4 is 40.1 Å². The summed E-state index contributed by atoms with van der Waals surface area (Å²) in [5.41, 5.74) is 1.45. The van der Waals surface area contributed by atoms with E-state index in [0.29, 0.717) is 28.9 Å². The van der Waals surface area contributed by atoms with E-state index in [0.717, 1.165) is 5.69 Å². The third kappa shape index (κ3) is 5.74. The molecule has 0 unspecified atom stereocenters. The second-order valence-corrected chi connectivity index (χ2v) is 7.19. The number of hydrogen-bond donors (Lipinski definition) is 0. The molecule has 1 amide bonds. The molecule has 2 rings (SSSR count). The number of halogens is 4. The van der Waals surface area contributed by atoms with Crippen molar-refractivity contribution in [2.75, 3.05) is 18.1 Å². The van der Waals surface area contributed by atoms with Crippen LogP contribution in [0.5, 0.6) is 0 Å².